The van der Waals surface area contributed by atoms with Gasteiger partial charge in [0.25, 0.3) is 0 Å². The predicted molar refractivity (Wildman–Crippen MR) is 116 cm³/mol. The van der Waals surface area contributed by atoms with Gasteiger partial charge in [-0.05, 0) is 41.4 Å². The van der Waals surface area contributed by atoms with Crippen molar-refractivity contribution in [1.82, 2.24) is 10.5 Å². The topological polar surface area (TPSA) is 32.5 Å². The van der Waals surface area contributed by atoms with Gasteiger partial charge < -0.3 is 12.4 Å². The maximum absolute atomic E-state index is 3.64. The minimum atomic E-state index is -0.366. The average Bonchev–Trinajstić information content (AvgIpc) is 3.27. The van der Waals surface area contributed by atoms with Gasteiger partial charge in [0, 0.05) is 0 Å². The molecule has 0 amide bonds. The van der Waals surface area contributed by atoms with Crippen LogP contribution in [-0.4, -0.2) is 11.0 Å². The molecule has 0 aromatic heterocycles. The lowest BCUT2D eigenvalue weighted by molar-refractivity contribution is -0.492. The van der Waals surface area contributed by atoms with Crippen molar-refractivity contribution >= 4 is 11.5 Å². The van der Waals surface area contributed by atoms with Gasteiger partial charge in [0.15, 0.2) is 0 Å². The zero-order valence-electron chi connectivity index (χ0n) is 16.4. The normalized spacial score (nSPS) is 20.4. The Morgan fingerprint density at radius 1 is 0.767 bits per heavy atom. The molecule has 1 aliphatic heterocycles. The highest BCUT2D eigenvalue weighted by atomic mass is 35.5. The molecule has 3 aromatic rings. The second-order valence-electron chi connectivity index (χ2n) is 7.21. The van der Waals surface area contributed by atoms with E-state index in [9.17, 15) is 0 Å². The largest absolute Gasteiger partial charge is 1.00 e. The maximum atomic E-state index is 3.64. The van der Waals surface area contributed by atoms with E-state index in [-0.39, 0.29) is 17.9 Å². The molecule has 30 heavy (non-hydrogen) atoms. The Morgan fingerprint density at radius 3 is 2.03 bits per heavy atom. The number of nitrogens with one attached hydrogen (secondary N) is 2. The van der Waals surface area contributed by atoms with Gasteiger partial charge in [-0.1, -0.05) is 91.0 Å². The first-order valence-corrected chi connectivity index (χ1v) is 9.88. The lowest BCUT2D eigenvalue weighted by Crippen LogP contribution is -3.00. The lowest BCUT2D eigenvalue weighted by Gasteiger charge is -2.39. The SMILES string of the molecule is C1=CCC(c2ccccc2)(N2NC(c3ccccc3)=[NH+]N2c2ccccc2)C=C1.[Cl-]. The Hall–Kier alpha value is -3.34. The van der Waals surface area contributed by atoms with Gasteiger partial charge in [-0.25, -0.2) is 0 Å². The van der Waals surface area contributed by atoms with Crippen molar-refractivity contribution in [2.24, 2.45) is 0 Å². The molecule has 150 valence electrons. The third-order valence-corrected chi connectivity index (χ3v) is 5.40. The summed E-state index contributed by atoms with van der Waals surface area (Å²) in [4.78, 5) is 0. The zero-order valence-corrected chi connectivity index (χ0v) is 17.2. The van der Waals surface area contributed by atoms with E-state index in [1.807, 2.05) is 12.1 Å². The van der Waals surface area contributed by atoms with E-state index in [0.29, 0.717) is 0 Å². The Bertz CT molecular complexity index is 1060. The molecule has 0 bridgehead atoms. The van der Waals surface area contributed by atoms with Crippen molar-refractivity contribution in [3.05, 3.63) is 126 Å². The second-order valence-corrected chi connectivity index (χ2v) is 7.21. The summed E-state index contributed by atoms with van der Waals surface area (Å²) in [5, 5.41) is 7.86. The molecule has 2 N–H and O–H groups in total. The fourth-order valence-corrected chi connectivity index (χ4v) is 3.93. The fraction of sp³-hybridized carbons (Fsp3) is 0.0800. The first-order valence-electron chi connectivity index (χ1n) is 9.88. The predicted octanol–water partition coefficient (Wildman–Crippen LogP) is 0.0862. The summed E-state index contributed by atoms with van der Waals surface area (Å²) in [5.41, 5.74) is 6.67. The van der Waals surface area contributed by atoms with E-state index in [2.05, 4.69) is 124 Å². The Kier molecular flexibility index (Phi) is 5.70. The molecule has 0 saturated carbocycles. The monoisotopic (exact) mass is 414 g/mol. The molecule has 3 aromatic carbocycles. The quantitative estimate of drug-likeness (QED) is 0.634. The first-order chi connectivity index (χ1) is 14.4. The first kappa shape index (κ1) is 20.0. The van der Waals surface area contributed by atoms with Gasteiger partial charge in [0.05, 0.1) is 5.56 Å². The van der Waals surface area contributed by atoms with E-state index in [1.165, 1.54) is 5.56 Å². The van der Waals surface area contributed by atoms with Crippen molar-refractivity contribution in [3.63, 3.8) is 0 Å². The number of hydrogen-bond acceptors (Lipinski definition) is 3. The van der Waals surface area contributed by atoms with Crippen LogP contribution in [0.5, 0.6) is 0 Å². The summed E-state index contributed by atoms with van der Waals surface area (Å²) in [6.07, 6.45) is 9.58. The van der Waals surface area contributed by atoms with Crippen LogP contribution in [0.1, 0.15) is 17.5 Å². The van der Waals surface area contributed by atoms with Crippen LogP contribution in [0.15, 0.2) is 115 Å². The summed E-state index contributed by atoms with van der Waals surface area (Å²) in [6, 6.07) is 31.4. The molecule has 0 saturated heterocycles. The second kappa shape index (κ2) is 8.57. The minimum Gasteiger partial charge on any atom is -1.00 e. The Morgan fingerprint density at radius 2 is 1.40 bits per heavy atom. The van der Waals surface area contributed by atoms with Gasteiger partial charge in [-0.2, -0.15) is 10.5 Å². The maximum Gasteiger partial charge on any atom is 0.319 e. The van der Waals surface area contributed by atoms with E-state index >= 15 is 0 Å². The fourth-order valence-electron chi connectivity index (χ4n) is 3.93. The van der Waals surface area contributed by atoms with Gasteiger partial charge in [-0.3, -0.25) is 0 Å². The molecule has 0 spiro atoms. The van der Waals surface area contributed by atoms with Crippen molar-refractivity contribution in [3.8, 4) is 0 Å². The highest BCUT2D eigenvalue weighted by Crippen LogP contribution is 2.37. The number of nitrogens with zero attached hydrogens (tertiary/aromatic N) is 2. The number of hydrazine groups is 3. The molecule has 1 unspecified atom stereocenters. The summed E-state index contributed by atoms with van der Waals surface area (Å²) >= 11 is 0. The van der Waals surface area contributed by atoms with Crippen LogP contribution in [0.4, 0.5) is 5.69 Å². The van der Waals surface area contributed by atoms with Gasteiger partial charge in [0.1, 0.15) is 11.2 Å². The lowest BCUT2D eigenvalue weighted by atomic mass is 9.84. The number of halogens is 1. The number of rotatable bonds is 4. The van der Waals surface area contributed by atoms with E-state index < -0.39 is 0 Å². The Balaban J connectivity index is 0.00000218. The zero-order chi connectivity index (χ0) is 19.5. The molecule has 1 atom stereocenters. The summed E-state index contributed by atoms with van der Waals surface area (Å²) in [6.45, 7) is 0. The van der Waals surface area contributed by atoms with E-state index in [1.54, 1.807) is 0 Å². The number of allylic oxidation sites excluding steroid dienone is 2. The van der Waals surface area contributed by atoms with Gasteiger partial charge in [-0.15, -0.1) is 5.12 Å². The molecule has 4 nitrogen and oxygen atoms in total. The summed E-state index contributed by atoms with van der Waals surface area (Å²) < 4.78 is 0. The molecule has 1 heterocycles. The standard InChI is InChI=1S/C25H22N4.ClH/c1-5-13-21(14-6-1)24-26-28(23-17-9-3-10-18-23)29(27-24)25(19-11-4-12-20-25)22-15-7-2-8-16-22;/h1-19H,20H2,(H,26,27);1H. The van der Waals surface area contributed by atoms with Crippen LogP contribution in [0.25, 0.3) is 0 Å². The van der Waals surface area contributed by atoms with Crippen molar-refractivity contribution in [2.45, 2.75) is 12.0 Å². The third kappa shape index (κ3) is 3.52. The summed E-state index contributed by atoms with van der Waals surface area (Å²) in [7, 11) is 0. The number of amidine groups is 1. The number of para-hydroxylation sites is 1. The third-order valence-electron chi connectivity index (χ3n) is 5.40. The molecule has 1 aliphatic carbocycles. The molecular formula is C25H23ClN4. The number of hydrogen-bond donors (Lipinski definition) is 2. The van der Waals surface area contributed by atoms with Crippen molar-refractivity contribution in [2.75, 3.05) is 5.12 Å². The van der Waals surface area contributed by atoms with E-state index in [4.69, 9.17) is 0 Å². The van der Waals surface area contributed by atoms with Crippen LogP contribution in [0.2, 0.25) is 0 Å². The van der Waals surface area contributed by atoms with Crippen LogP contribution < -0.4 is 28.1 Å². The highest BCUT2D eigenvalue weighted by Gasteiger charge is 2.48. The molecule has 2 aliphatic rings. The van der Waals surface area contributed by atoms with Crippen LogP contribution in [-0.2, 0) is 5.54 Å². The number of anilines is 1. The molecule has 0 radical (unpaired) electrons. The van der Waals surface area contributed by atoms with E-state index in [0.717, 1.165) is 23.5 Å². The van der Waals surface area contributed by atoms with Crippen molar-refractivity contribution in [1.29, 1.82) is 0 Å². The number of benzene rings is 3. The Labute approximate surface area is 183 Å². The van der Waals surface area contributed by atoms with Crippen LogP contribution >= 0.6 is 0 Å². The van der Waals surface area contributed by atoms with Gasteiger partial charge in [0.2, 0.25) is 0 Å². The molecule has 5 rings (SSSR count). The smallest absolute Gasteiger partial charge is 0.319 e. The van der Waals surface area contributed by atoms with Crippen LogP contribution in [0, 0.1) is 0 Å². The molecule has 0 fully saturated rings. The van der Waals surface area contributed by atoms with Gasteiger partial charge >= 0.3 is 5.84 Å². The highest BCUT2D eigenvalue weighted by molar-refractivity contribution is 5.94. The van der Waals surface area contributed by atoms with Crippen molar-refractivity contribution < 1.29 is 17.5 Å². The minimum absolute atomic E-state index is 0. The average molecular weight is 415 g/mol. The van der Waals surface area contributed by atoms with Crippen LogP contribution in [0.3, 0.4) is 0 Å². The molecular weight excluding hydrogens is 392 g/mol. The summed E-state index contributed by atoms with van der Waals surface area (Å²) in [5.74, 6) is 0.952. The molecule has 5 heteroatoms. The number of hydrazone groups is 1.